The minimum atomic E-state index is 0.597. The highest BCUT2D eigenvalue weighted by Crippen LogP contribution is 2.21. The second-order valence-electron chi connectivity index (χ2n) is 4.30. The van der Waals surface area contributed by atoms with Crippen LogP contribution in [0.15, 0.2) is 24.3 Å². The van der Waals surface area contributed by atoms with Gasteiger partial charge in [-0.3, -0.25) is 0 Å². The van der Waals surface area contributed by atoms with E-state index in [2.05, 4.69) is 36.5 Å². The van der Waals surface area contributed by atoms with E-state index in [-0.39, 0.29) is 0 Å². The van der Waals surface area contributed by atoms with E-state index in [1.165, 1.54) is 17.5 Å². The molecule has 1 atom stereocenters. The molecule has 0 aliphatic rings. The number of aryl methyl sites for hydroxylation is 1. The summed E-state index contributed by atoms with van der Waals surface area (Å²) >= 11 is 0. The zero-order chi connectivity index (χ0) is 11.8. The van der Waals surface area contributed by atoms with E-state index in [1.807, 2.05) is 7.05 Å². The number of hydrogen-bond donors (Lipinski definition) is 1. The molecule has 0 aliphatic heterocycles. The number of nitrogens with one attached hydrogen (secondary N) is 1. The van der Waals surface area contributed by atoms with E-state index in [4.69, 9.17) is 4.74 Å². The van der Waals surface area contributed by atoms with Crippen LogP contribution in [0.4, 0.5) is 0 Å². The maximum Gasteiger partial charge on any atom is 0.0462 e. The minimum Gasteiger partial charge on any atom is -0.385 e. The van der Waals surface area contributed by atoms with Crippen molar-refractivity contribution < 1.29 is 4.74 Å². The number of benzene rings is 1. The van der Waals surface area contributed by atoms with Crippen LogP contribution in [0.3, 0.4) is 0 Å². The first kappa shape index (κ1) is 13.2. The molecule has 1 N–H and O–H groups in total. The van der Waals surface area contributed by atoms with Gasteiger partial charge in [-0.05, 0) is 38.3 Å². The Bertz CT molecular complexity index is 299. The Morgan fingerprint density at radius 2 is 2.19 bits per heavy atom. The highest BCUT2D eigenvalue weighted by molar-refractivity contribution is 5.25. The van der Waals surface area contributed by atoms with Crippen LogP contribution in [-0.2, 0) is 4.74 Å². The Hall–Kier alpha value is -0.860. The van der Waals surface area contributed by atoms with E-state index in [1.54, 1.807) is 7.11 Å². The number of hydrogen-bond acceptors (Lipinski definition) is 2. The van der Waals surface area contributed by atoms with Gasteiger partial charge in [0.25, 0.3) is 0 Å². The molecule has 0 radical (unpaired) electrons. The Kier molecular flexibility index (Phi) is 6.12. The first-order chi connectivity index (χ1) is 7.77. The van der Waals surface area contributed by atoms with Crippen LogP contribution in [0.5, 0.6) is 0 Å². The maximum atomic E-state index is 5.11. The summed E-state index contributed by atoms with van der Waals surface area (Å²) in [5, 5.41) is 3.27. The smallest absolute Gasteiger partial charge is 0.0462 e. The summed E-state index contributed by atoms with van der Waals surface area (Å²) in [6, 6.07) is 8.80. The molecular formula is C14H23NO. The van der Waals surface area contributed by atoms with E-state index >= 15 is 0 Å². The molecule has 0 aromatic heterocycles. The van der Waals surface area contributed by atoms with Gasteiger partial charge in [-0.2, -0.15) is 0 Å². The van der Waals surface area contributed by atoms with Crippen molar-refractivity contribution in [2.75, 3.05) is 27.3 Å². The predicted molar refractivity (Wildman–Crippen MR) is 69.0 cm³/mol. The molecule has 90 valence electrons. The van der Waals surface area contributed by atoms with Gasteiger partial charge in [-0.1, -0.05) is 29.8 Å². The standard InChI is InChI=1S/C14H23NO/c1-12-6-4-7-13(10-12)14(11-15-2)8-5-9-16-3/h4,6-7,10,14-15H,5,8-9,11H2,1-3H3. The summed E-state index contributed by atoms with van der Waals surface area (Å²) in [5.74, 6) is 0.597. The van der Waals surface area contributed by atoms with Crippen LogP contribution >= 0.6 is 0 Å². The van der Waals surface area contributed by atoms with Gasteiger partial charge in [0.1, 0.15) is 0 Å². The van der Waals surface area contributed by atoms with E-state index in [0.717, 1.165) is 19.6 Å². The van der Waals surface area contributed by atoms with Gasteiger partial charge in [0, 0.05) is 20.3 Å². The lowest BCUT2D eigenvalue weighted by atomic mass is 9.93. The average Bonchev–Trinajstić information content (AvgIpc) is 2.28. The molecule has 1 aromatic rings. The molecule has 0 saturated carbocycles. The van der Waals surface area contributed by atoms with Crippen LogP contribution in [0.25, 0.3) is 0 Å². The monoisotopic (exact) mass is 221 g/mol. The highest BCUT2D eigenvalue weighted by atomic mass is 16.5. The van der Waals surface area contributed by atoms with Crippen LogP contribution in [0.1, 0.15) is 29.9 Å². The van der Waals surface area contributed by atoms with Gasteiger partial charge in [-0.25, -0.2) is 0 Å². The first-order valence-electron chi connectivity index (χ1n) is 5.98. The zero-order valence-corrected chi connectivity index (χ0v) is 10.6. The van der Waals surface area contributed by atoms with Gasteiger partial charge in [0.05, 0.1) is 0 Å². The summed E-state index contributed by atoms with van der Waals surface area (Å²) in [5.41, 5.74) is 2.77. The Balaban J connectivity index is 2.61. The second-order valence-corrected chi connectivity index (χ2v) is 4.30. The van der Waals surface area contributed by atoms with Crippen molar-refractivity contribution in [1.82, 2.24) is 5.32 Å². The number of likely N-dealkylation sites (N-methyl/N-ethyl adjacent to an activating group) is 1. The molecular weight excluding hydrogens is 198 g/mol. The van der Waals surface area contributed by atoms with Gasteiger partial charge in [-0.15, -0.1) is 0 Å². The molecule has 1 aromatic carbocycles. The van der Waals surface area contributed by atoms with E-state index < -0.39 is 0 Å². The molecule has 0 spiro atoms. The summed E-state index contributed by atoms with van der Waals surface area (Å²) in [6.07, 6.45) is 2.30. The molecule has 2 nitrogen and oxygen atoms in total. The molecule has 0 fully saturated rings. The molecule has 0 saturated heterocycles. The molecule has 0 aliphatic carbocycles. The van der Waals surface area contributed by atoms with Crippen LogP contribution in [-0.4, -0.2) is 27.3 Å². The average molecular weight is 221 g/mol. The molecule has 0 amide bonds. The van der Waals surface area contributed by atoms with Crippen LogP contribution in [0, 0.1) is 6.92 Å². The molecule has 1 rings (SSSR count). The second kappa shape index (κ2) is 7.42. The molecule has 0 bridgehead atoms. The Morgan fingerprint density at radius 3 is 2.81 bits per heavy atom. The first-order valence-corrected chi connectivity index (χ1v) is 5.98. The zero-order valence-electron chi connectivity index (χ0n) is 10.6. The minimum absolute atomic E-state index is 0.597. The fourth-order valence-corrected chi connectivity index (χ4v) is 2.03. The summed E-state index contributed by atoms with van der Waals surface area (Å²) < 4.78 is 5.11. The number of methoxy groups -OCH3 is 1. The lowest BCUT2D eigenvalue weighted by molar-refractivity contribution is 0.190. The Morgan fingerprint density at radius 1 is 1.38 bits per heavy atom. The lowest BCUT2D eigenvalue weighted by Crippen LogP contribution is -2.17. The van der Waals surface area contributed by atoms with Crippen LogP contribution < -0.4 is 5.32 Å². The largest absolute Gasteiger partial charge is 0.385 e. The van der Waals surface area contributed by atoms with Crippen molar-refractivity contribution in [2.24, 2.45) is 0 Å². The highest BCUT2D eigenvalue weighted by Gasteiger charge is 2.10. The van der Waals surface area contributed by atoms with Crippen molar-refractivity contribution in [3.05, 3.63) is 35.4 Å². The summed E-state index contributed by atoms with van der Waals surface area (Å²) in [7, 11) is 3.78. The van der Waals surface area contributed by atoms with Gasteiger partial charge < -0.3 is 10.1 Å². The van der Waals surface area contributed by atoms with Crippen molar-refractivity contribution in [2.45, 2.75) is 25.7 Å². The lowest BCUT2D eigenvalue weighted by Gasteiger charge is -2.17. The summed E-state index contributed by atoms with van der Waals surface area (Å²) in [4.78, 5) is 0. The molecule has 16 heavy (non-hydrogen) atoms. The number of ether oxygens (including phenoxy) is 1. The third-order valence-electron chi connectivity index (χ3n) is 2.87. The van der Waals surface area contributed by atoms with Gasteiger partial charge in [0.15, 0.2) is 0 Å². The topological polar surface area (TPSA) is 21.3 Å². The van der Waals surface area contributed by atoms with E-state index in [9.17, 15) is 0 Å². The van der Waals surface area contributed by atoms with Gasteiger partial charge >= 0.3 is 0 Å². The van der Waals surface area contributed by atoms with Crippen molar-refractivity contribution in [3.8, 4) is 0 Å². The fourth-order valence-electron chi connectivity index (χ4n) is 2.03. The molecule has 2 heteroatoms. The molecule has 0 heterocycles. The van der Waals surface area contributed by atoms with Crippen molar-refractivity contribution in [1.29, 1.82) is 0 Å². The molecule has 1 unspecified atom stereocenters. The van der Waals surface area contributed by atoms with Crippen molar-refractivity contribution >= 4 is 0 Å². The predicted octanol–water partition coefficient (Wildman–Crippen LogP) is 2.72. The fraction of sp³-hybridized carbons (Fsp3) is 0.571. The quantitative estimate of drug-likeness (QED) is 0.715. The van der Waals surface area contributed by atoms with E-state index in [0.29, 0.717) is 5.92 Å². The maximum absolute atomic E-state index is 5.11. The van der Waals surface area contributed by atoms with Crippen molar-refractivity contribution in [3.63, 3.8) is 0 Å². The third kappa shape index (κ3) is 4.33. The SMILES string of the molecule is CNCC(CCCOC)c1cccc(C)c1. The number of rotatable bonds is 7. The van der Waals surface area contributed by atoms with Crippen LogP contribution in [0.2, 0.25) is 0 Å². The summed E-state index contributed by atoms with van der Waals surface area (Å²) in [6.45, 7) is 4.04. The Labute approximate surface area is 99.0 Å². The normalized spacial score (nSPS) is 12.7. The third-order valence-corrected chi connectivity index (χ3v) is 2.87. The van der Waals surface area contributed by atoms with Gasteiger partial charge in [0.2, 0.25) is 0 Å².